The van der Waals surface area contributed by atoms with E-state index in [1.165, 1.54) is 22.5 Å². The second-order valence-corrected chi connectivity index (χ2v) is 6.24. The van der Waals surface area contributed by atoms with Gasteiger partial charge >= 0.3 is 0 Å². The number of para-hydroxylation sites is 1. The van der Waals surface area contributed by atoms with Crippen LogP contribution in [-0.2, 0) is 0 Å². The maximum atomic E-state index is 3.59. The van der Waals surface area contributed by atoms with Crippen LogP contribution in [0.15, 0.2) is 46.9 Å². The first kappa shape index (κ1) is 16.1. The molecular weight excluding hydrogens is 324 g/mol. The third kappa shape index (κ3) is 3.66. The molecule has 0 saturated heterocycles. The lowest BCUT2D eigenvalue weighted by Gasteiger charge is -2.27. The molecule has 0 fully saturated rings. The number of rotatable bonds is 5. The third-order valence-corrected chi connectivity index (χ3v) is 4.30. The predicted octanol–water partition coefficient (Wildman–Crippen LogP) is 5.20. The van der Waals surface area contributed by atoms with Gasteiger partial charge in [0, 0.05) is 28.9 Å². The van der Waals surface area contributed by atoms with Gasteiger partial charge in [0.05, 0.1) is 0 Å². The summed E-state index contributed by atoms with van der Waals surface area (Å²) in [5, 5.41) is 3.50. The molecule has 0 aliphatic heterocycles. The van der Waals surface area contributed by atoms with E-state index in [-0.39, 0.29) is 0 Å². The van der Waals surface area contributed by atoms with E-state index in [0.29, 0.717) is 6.04 Å². The second kappa shape index (κ2) is 7.10. The van der Waals surface area contributed by atoms with E-state index < -0.39 is 0 Å². The molecule has 0 aliphatic carbocycles. The molecule has 0 radical (unpaired) electrons. The Morgan fingerprint density at radius 3 is 2.52 bits per heavy atom. The van der Waals surface area contributed by atoms with Gasteiger partial charge < -0.3 is 10.2 Å². The van der Waals surface area contributed by atoms with Crippen LogP contribution in [0.4, 0.5) is 11.4 Å². The zero-order valence-electron chi connectivity index (χ0n) is 13.2. The van der Waals surface area contributed by atoms with Gasteiger partial charge in [-0.3, -0.25) is 0 Å². The average molecular weight is 347 g/mol. The van der Waals surface area contributed by atoms with Crippen LogP contribution in [0.2, 0.25) is 0 Å². The first-order chi connectivity index (χ1) is 10.0. The van der Waals surface area contributed by atoms with Gasteiger partial charge in [-0.1, -0.05) is 41.1 Å². The molecular formula is C18H23BrN2. The Balaban J connectivity index is 2.45. The van der Waals surface area contributed by atoms with Crippen LogP contribution in [0.5, 0.6) is 0 Å². The van der Waals surface area contributed by atoms with Crippen LogP contribution in [0.1, 0.15) is 31.0 Å². The predicted molar refractivity (Wildman–Crippen MR) is 95.5 cm³/mol. The minimum atomic E-state index is 0.314. The molecule has 21 heavy (non-hydrogen) atoms. The van der Waals surface area contributed by atoms with E-state index in [0.717, 1.165) is 11.0 Å². The number of nitrogens with one attached hydrogen (secondary N) is 1. The molecule has 2 aromatic rings. The van der Waals surface area contributed by atoms with E-state index in [1.807, 2.05) is 0 Å². The summed E-state index contributed by atoms with van der Waals surface area (Å²) in [6.07, 6.45) is 0. The lowest BCUT2D eigenvalue weighted by Crippen LogP contribution is -2.21. The highest BCUT2D eigenvalue weighted by molar-refractivity contribution is 9.10. The summed E-state index contributed by atoms with van der Waals surface area (Å²) < 4.78 is 1.11. The number of nitrogens with zero attached hydrogens (tertiary/aromatic N) is 1. The maximum Gasteiger partial charge on any atom is 0.0457 e. The minimum Gasteiger partial charge on any atom is -0.344 e. The molecule has 0 saturated carbocycles. The minimum absolute atomic E-state index is 0.314. The van der Waals surface area contributed by atoms with Gasteiger partial charge in [0.1, 0.15) is 0 Å². The quantitative estimate of drug-likeness (QED) is 0.800. The Morgan fingerprint density at radius 2 is 1.86 bits per heavy atom. The van der Waals surface area contributed by atoms with Crippen molar-refractivity contribution in [1.29, 1.82) is 0 Å². The molecule has 0 spiro atoms. The monoisotopic (exact) mass is 346 g/mol. The van der Waals surface area contributed by atoms with Gasteiger partial charge in [-0.25, -0.2) is 0 Å². The Bertz CT molecular complexity index is 610. The van der Waals surface area contributed by atoms with E-state index in [2.05, 4.69) is 96.4 Å². The summed E-state index contributed by atoms with van der Waals surface area (Å²) in [6.45, 7) is 7.46. The van der Waals surface area contributed by atoms with Gasteiger partial charge in [0.25, 0.3) is 0 Å². The van der Waals surface area contributed by atoms with Crippen molar-refractivity contribution in [1.82, 2.24) is 5.32 Å². The van der Waals surface area contributed by atoms with Crippen LogP contribution < -0.4 is 10.2 Å². The molecule has 2 aromatic carbocycles. The Labute approximate surface area is 136 Å². The first-order valence-corrected chi connectivity index (χ1v) is 8.16. The van der Waals surface area contributed by atoms with Crippen molar-refractivity contribution in [3.05, 3.63) is 58.1 Å². The standard InChI is InChI=1S/C18H23BrN2/c1-5-20-14(3)16-12-15(19)10-11-18(16)21(4)17-9-7-6-8-13(17)2/h6-12,14,20H,5H2,1-4H3. The van der Waals surface area contributed by atoms with E-state index in [4.69, 9.17) is 0 Å². The smallest absolute Gasteiger partial charge is 0.0457 e. The first-order valence-electron chi connectivity index (χ1n) is 7.36. The van der Waals surface area contributed by atoms with Crippen molar-refractivity contribution < 1.29 is 0 Å². The molecule has 0 aliphatic rings. The van der Waals surface area contributed by atoms with Crippen LogP contribution >= 0.6 is 15.9 Å². The van der Waals surface area contributed by atoms with Crippen LogP contribution in [-0.4, -0.2) is 13.6 Å². The normalized spacial score (nSPS) is 12.2. The molecule has 1 unspecified atom stereocenters. The summed E-state index contributed by atoms with van der Waals surface area (Å²) in [5.74, 6) is 0. The van der Waals surface area contributed by atoms with Crippen molar-refractivity contribution in [2.75, 3.05) is 18.5 Å². The Hall–Kier alpha value is -1.32. The van der Waals surface area contributed by atoms with Gasteiger partial charge in [0.15, 0.2) is 0 Å². The molecule has 2 nitrogen and oxygen atoms in total. The second-order valence-electron chi connectivity index (χ2n) is 5.33. The Morgan fingerprint density at radius 1 is 1.14 bits per heavy atom. The zero-order chi connectivity index (χ0) is 15.4. The van der Waals surface area contributed by atoms with Gasteiger partial charge in [-0.15, -0.1) is 0 Å². The molecule has 3 heteroatoms. The number of hydrogen-bond donors (Lipinski definition) is 1. The average Bonchev–Trinajstić information content (AvgIpc) is 2.47. The number of halogens is 1. The van der Waals surface area contributed by atoms with E-state index in [9.17, 15) is 0 Å². The summed E-state index contributed by atoms with van der Waals surface area (Å²) in [5.41, 5.74) is 5.06. The van der Waals surface area contributed by atoms with Crippen LogP contribution in [0, 0.1) is 6.92 Å². The van der Waals surface area contributed by atoms with Crippen molar-refractivity contribution in [2.24, 2.45) is 0 Å². The lowest BCUT2D eigenvalue weighted by atomic mass is 10.0. The summed E-state index contributed by atoms with van der Waals surface area (Å²) in [6, 6.07) is 15.3. The van der Waals surface area contributed by atoms with E-state index >= 15 is 0 Å². The highest BCUT2D eigenvalue weighted by atomic mass is 79.9. The van der Waals surface area contributed by atoms with Gasteiger partial charge in [-0.05, 0) is 55.8 Å². The number of anilines is 2. The fourth-order valence-electron chi connectivity index (χ4n) is 2.66. The molecule has 0 aromatic heterocycles. The maximum absolute atomic E-state index is 3.59. The third-order valence-electron chi connectivity index (χ3n) is 3.80. The number of benzene rings is 2. The van der Waals surface area contributed by atoms with Gasteiger partial charge in [-0.2, -0.15) is 0 Å². The van der Waals surface area contributed by atoms with Crippen molar-refractivity contribution in [3.63, 3.8) is 0 Å². The molecule has 2 rings (SSSR count). The Kier molecular flexibility index (Phi) is 5.43. The van der Waals surface area contributed by atoms with Crippen molar-refractivity contribution in [3.8, 4) is 0 Å². The summed E-state index contributed by atoms with van der Waals surface area (Å²) in [4.78, 5) is 2.27. The molecule has 0 bridgehead atoms. The number of aryl methyl sites for hydroxylation is 1. The highest BCUT2D eigenvalue weighted by Gasteiger charge is 2.15. The lowest BCUT2D eigenvalue weighted by molar-refractivity contribution is 0.598. The SMILES string of the molecule is CCNC(C)c1cc(Br)ccc1N(C)c1ccccc1C. The van der Waals surface area contributed by atoms with Crippen LogP contribution in [0.3, 0.4) is 0 Å². The van der Waals surface area contributed by atoms with Gasteiger partial charge in [0.2, 0.25) is 0 Å². The molecule has 112 valence electrons. The molecule has 1 atom stereocenters. The summed E-state index contributed by atoms with van der Waals surface area (Å²) in [7, 11) is 2.13. The molecule has 0 amide bonds. The topological polar surface area (TPSA) is 15.3 Å². The van der Waals surface area contributed by atoms with Crippen molar-refractivity contribution in [2.45, 2.75) is 26.8 Å². The highest BCUT2D eigenvalue weighted by Crippen LogP contribution is 2.34. The largest absolute Gasteiger partial charge is 0.344 e. The zero-order valence-corrected chi connectivity index (χ0v) is 14.7. The fraction of sp³-hybridized carbons (Fsp3) is 0.333. The molecule has 0 heterocycles. The van der Waals surface area contributed by atoms with Crippen LogP contribution in [0.25, 0.3) is 0 Å². The number of hydrogen-bond acceptors (Lipinski definition) is 2. The van der Waals surface area contributed by atoms with Crippen molar-refractivity contribution >= 4 is 27.3 Å². The van der Waals surface area contributed by atoms with E-state index in [1.54, 1.807) is 0 Å². The fourth-order valence-corrected chi connectivity index (χ4v) is 3.04. The summed E-state index contributed by atoms with van der Waals surface area (Å²) >= 11 is 3.59. The molecule has 1 N–H and O–H groups in total.